The fraction of sp³-hybridized carbons (Fsp3) is 0.438. The number of carbonyl (C=O) groups excluding carboxylic acids is 1. The predicted molar refractivity (Wildman–Crippen MR) is 80.2 cm³/mol. The first-order valence-electron chi connectivity index (χ1n) is 7.70. The molecule has 2 unspecified atom stereocenters. The van der Waals surface area contributed by atoms with E-state index < -0.39 is 0 Å². The molecule has 0 radical (unpaired) electrons. The fourth-order valence-corrected chi connectivity index (χ4v) is 3.63. The summed E-state index contributed by atoms with van der Waals surface area (Å²) in [4.78, 5) is 21.0. The number of amides is 1. The van der Waals surface area contributed by atoms with E-state index in [-0.39, 0.29) is 11.4 Å². The Morgan fingerprint density at radius 2 is 2.36 bits per heavy atom. The standard InChI is InChI=1S/C16H18N4O2/c21-14(20-16-6-3-5-13(16)18-9-7-16)12-10-22-15(19-12)11-4-1-2-8-17-11/h1-2,4,8,10,13,18H,3,5-7,9H2,(H,20,21). The molecule has 0 spiro atoms. The number of rotatable bonds is 3. The Morgan fingerprint density at radius 1 is 1.41 bits per heavy atom. The number of hydrogen-bond acceptors (Lipinski definition) is 5. The summed E-state index contributed by atoms with van der Waals surface area (Å²) in [6.07, 6.45) is 7.36. The maximum absolute atomic E-state index is 12.5. The second kappa shape index (κ2) is 5.21. The van der Waals surface area contributed by atoms with Crippen molar-refractivity contribution in [3.05, 3.63) is 36.4 Å². The molecule has 4 rings (SSSR count). The van der Waals surface area contributed by atoms with E-state index in [0.717, 1.165) is 32.2 Å². The van der Waals surface area contributed by atoms with Gasteiger partial charge >= 0.3 is 0 Å². The topological polar surface area (TPSA) is 80.0 Å². The van der Waals surface area contributed by atoms with Gasteiger partial charge in [0.1, 0.15) is 12.0 Å². The van der Waals surface area contributed by atoms with Crippen LogP contribution in [0.2, 0.25) is 0 Å². The molecule has 1 aliphatic carbocycles. The third-order valence-electron chi connectivity index (χ3n) is 4.73. The summed E-state index contributed by atoms with van der Waals surface area (Å²) in [7, 11) is 0. The van der Waals surface area contributed by atoms with Gasteiger partial charge in [0.15, 0.2) is 5.69 Å². The molecule has 22 heavy (non-hydrogen) atoms. The van der Waals surface area contributed by atoms with E-state index in [9.17, 15) is 4.79 Å². The van der Waals surface area contributed by atoms with Crippen molar-refractivity contribution in [2.45, 2.75) is 37.3 Å². The van der Waals surface area contributed by atoms with Gasteiger partial charge in [0.2, 0.25) is 5.89 Å². The molecule has 2 fully saturated rings. The Balaban J connectivity index is 1.53. The quantitative estimate of drug-likeness (QED) is 0.902. The Bertz CT molecular complexity index is 672. The molecule has 2 atom stereocenters. The Hall–Kier alpha value is -2.21. The first-order valence-corrected chi connectivity index (χ1v) is 7.70. The lowest BCUT2D eigenvalue weighted by Crippen LogP contribution is -2.52. The molecule has 114 valence electrons. The van der Waals surface area contributed by atoms with Crippen LogP contribution in [0.4, 0.5) is 0 Å². The number of fused-ring (bicyclic) bond motifs is 1. The summed E-state index contributed by atoms with van der Waals surface area (Å²) in [6.45, 7) is 0.961. The van der Waals surface area contributed by atoms with E-state index >= 15 is 0 Å². The van der Waals surface area contributed by atoms with Crippen molar-refractivity contribution in [2.24, 2.45) is 0 Å². The van der Waals surface area contributed by atoms with Gasteiger partial charge in [0.25, 0.3) is 5.91 Å². The molecule has 2 aromatic rings. The maximum atomic E-state index is 12.5. The highest BCUT2D eigenvalue weighted by molar-refractivity contribution is 5.93. The van der Waals surface area contributed by atoms with Gasteiger partial charge in [-0.05, 0) is 44.4 Å². The first-order chi connectivity index (χ1) is 10.8. The minimum absolute atomic E-state index is 0.110. The lowest BCUT2D eigenvalue weighted by molar-refractivity contribution is 0.0892. The minimum atomic E-state index is -0.165. The van der Waals surface area contributed by atoms with Crippen LogP contribution in [-0.2, 0) is 0 Å². The normalized spacial score (nSPS) is 26.8. The van der Waals surface area contributed by atoms with E-state index in [1.54, 1.807) is 12.3 Å². The van der Waals surface area contributed by atoms with Crippen molar-refractivity contribution in [3.8, 4) is 11.6 Å². The number of hydrogen-bond donors (Lipinski definition) is 2. The summed E-state index contributed by atoms with van der Waals surface area (Å²) in [5.74, 6) is 0.206. The van der Waals surface area contributed by atoms with Gasteiger partial charge in [-0.2, -0.15) is 0 Å². The van der Waals surface area contributed by atoms with E-state index in [0.29, 0.717) is 23.3 Å². The van der Waals surface area contributed by atoms with Crippen molar-refractivity contribution in [1.29, 1.82) is 0 Å². The zero-order chi connectivity index (χ0) is 15.0. The monoisotopic (exact) mass is 298 g/mol. The highest BCUT2D eigenvalue weighted by Gasteiger charge is 2.47. The molecular weight excluding hydrogens is 280 g/mol. The zero-order valence-electron chi connectivity index (χ0n) is 12.2. The second-order valence-electron chi connectivity index (χ2n) is 6.01. The molecule has 2 aliphatic rings. The van der Waals surface area contributed by atoms with Crippen molar-refractivity contribution in [3.63, 3.8) is 0 Å². The van der Waals surface area contributed by atoms with E-state index in [4.69, 9.17) is 4.42 Å². The smallest absolute Gasteiger partial charge is 0.273 e. The molecule has 0 bridgehead atoms. The van der Waals surface area contributed by atoms with Gasteiger partial charge in [-0.3, -0.25) is 9.78 Å². The molecule has 1 saturated heterocycles. The third kappa shape index (κ3) is 2.20. The van der Waals surface area contributed by atoms with Gasteiger partial charge in [-0.1, -0.05) is 6.07 Å². The van der Waals surface area contributed by atoms with Crippen molar-refractivity contribution < 1.29 is 9.21 Å². The Labute approximate surface area is 128 Å². The van der Waals surface area contributed by atoms with Crippen molar-refractivity contribution >= 4 is 5.91 Å². The highest BCUT2D eigenvalue weighted by atomic mass is 16.3. The molecule has 2 aromatic heterocycles. The summed E-state index contributed by atoms with van der Waals surface area (Å²) in [5, 5.41) is 6.67. The number of oxazole rings is 1. The molecule has 6 heteroatoms. The number of carbonyl (C=O) groups is 1. The van der Waals surface area contributed by atoms with Crippen LogP contribution in [0.3, 0.4) is 0 Å². The molecule has 1 aliphatic heterocycles. The lowest BCUT2D eigenvalue weighted by atomic mass is 9.93. The number of nitrogens with zero attached hydrogens (tertiary/aromatic N) is 2. The SMILES string of the molecule is O=C(NC12CCCC1NCC2)c1coc(-c2ccccn2)n1. The predicted octanol–water partition coefficient (Wildman–Crippen LogP) is 1.75. The summed E-state index contributed by atoms with van der Waals surface area (Å²) < 4.78 is 5.40. The fourth-order valence-electron chi connectivity index (χ4n) is 3.63. The Morgan fingerprint density at radius 3 is 3.23 bits per heavy atom. The van der Waals surface area contributed by atoms with Crippen molar-refractivity contribution in [1.82, 2.24) is 20.6 Å². The van der Waals surface area contributed by atoms with Gasteiger partial charge in [0, 0.05) is 12.2 Å². The third-order valence-corrected chi connectivity index (χ3v) is 4.73. The number of aromatic nitrogens is 2. The van der Waals surface area contributed by atoms with Gasteiger partial charge in [-0.15, -0.1) is 0 Å². The average Bonchev–Trinajstić information content (AvgIpc) is 3.22. The van der Waals surface area contributed by atoms with Gasteiger partial charge in [-0.25, -0.2) is 4.98 Å². The van der Waals surface area contributed by atoms with E-state index in [2.05, 4.69) is 20.6 Å². The molecule has 3 heterocycles. The van der Waals surface area contributed by atoms with Crippen molar-refractivity contribution in [2.75, 3.05) is 6.54 Å². The average molecular weight is 298 g/mol. The van der Waals surface area contributed by atoms with Gasteiger partial charge < -0.3 is 15.1 Å². The molecule has 0 aromatic carbocycles. The summed E-state index contributed by atoms with van der Waals surface area (Å²) in [6, 6.07) is 5.88. The zero-order valence-corrected chi connectivity index (χ0v) is 12.2. The summed E-state index contributed by atoms with van der Waals surface area (Å²) in [5.41, 5.74) is 0.829. The number of nitrogens with one attached hydrogen (secondary N) is 2. The first kappa shape index (κ1) is 13.5. The van der Waals surface area contributed by atoms with Crippen LogP contribution < -0.4 is 10.6 Å². The second-order valence-corrected chi connectivity index (χ2v) is 6.01. The molecule has 6 nitrogen and oxygen atoms in total. The van der Waals surface area contributed by atoms with E-state index in [1.165, 1.54) is 6.26 Å². The molecule has 1 saturated carbocycles. The van der Waals surface area contributed by atoms with Crippen LogP contribution in [-0.4, -0.2) is 34.0 Å². The molecular formula is C16H18N4O2. The highest BCUT2D eigenvalue weighted by Crippen LogP contribution is 2.36. The summed E-state index contributed by atoms with van der Waals surface area (Å²) >= 11 is 0. The maximum Gasteiger partial charge on any atom is 0.273 e. The largest absolute Gasteiger partial charge is 0.442 e. The lowest BCUT2D eigenvalue weighted by Gasteiger charge is -2.29. The Kier molecular flexibility index (Phi) is 3.18. The molecule has 2 N–H and O–H groups in total. The van der Waals surface area contributed by atoms with E-state index in [1.807, 2.05) is 12.1 Å². The van der Waals surface area contributed by atoms with Crippen LogP contribution in [0, 0.1) is 0 Å². The van der Waals surface area contributed by atoms with Crippen LogP contribution in [0.5, 0.6) is 0 Å². The van der Waals surface area contributed by atoms with Gasteiger partial charge in [0.05, 0.1) is 5.54 Å². The van der Waals surface area contributed by atoms with Crippen LogP contribution >= 0.6 is 0 Å². The molecule has 1 amide bonds. The van der Waals surface area contributed by atoms with Crippen LogP contribution in [0.15, 0.2) is 35.1 Å². The number of pyridine rings is 1. The van der Waals surface area contributed by atoms with Crippen LogP contribution in [0.1, 0.15) is 36.2 Å². The minimum Gasteiger partial charge on any atom is -0.442 e. The van der Waals surface area contributed by atoms with Crippen LogP contribution in [0.25, 0.3) is 11.6 Å².